The van der Waals surface area contributed by atoms with E-state index in [0.717, 1.165) is 57.8 Å². The van der Waals surface area contributed by atoms with Crippen LogP contribution in [0.25, 0.3) is 0 Å². The van der Waals surface area contributed by atoms with Crippen LogP contribution in [-0.4, -0.2) is 43.2 Å². The smallest absolute Gasteiger partial charge is 0.307 e. The van der Waals surface area contributed by atoms with Crippen LogP contribution in [0.3, 0.4) is 0 Å². The fourth-order valence-corrected chi connectivity index (χ4v) is 7.78. The minimum atomic E-state index is -0.547. The molecule has 1 aromatic heterocycles. The van der Waals surface area contributed by atoms with Gasteiger partial charge in [-0.3, -0.25) is 9.59 Å². The molecule has 2 heterocycles. The lowest BCUT2D eigenvalue weighted by Crippen LogP contribution is -2.67. The molecule has 1 spiro atoms. The average Bonchev–Trinajstić information content (AvgIpc) is 3.36. The summed E-state index contributed by atoms with van der Waals surface area (Å²) in [5.41, 5.74) is -0.879. The molecule has 8 heteroatoms. The minimum Gasteiger partial charge on any atom is -0.458 e. The zero-order valence-electron chi connectivity index (χ0n) is 16.1. The van der Waals surface area contributed by atoms with Gasteiger partial charge in [0.15, 0.2) is 6.33 Å². The molecular formula is C20H27N5O3. The van der Waals surface area contributed by atoms with Gasteiger partial charge in [-0.15, -0.1) is 10.2 Å². The number of nitrogens with one attached hydrogen (secondary N) is 1. The fraction of sp³-hybridized carbons (Fsp3) is 0.850. The van der Waals surface area contributed by atoms with Gasteiger partial charge in [0, 0.05) is 5.54 Å². The van der Waals surface area contributed by atoms with Gasteiger partial charge in [0.05, 0.1) is 17.9 Å². The number of nitrogens with zero attached hydrogens (tertiary/aromatic N) is 4. The maximum atomic E-state index is 13.4. The molecule has 3 unspecified atom stereocenters. The number of hydrogen-bond acceptors (Lipinski definition) is 6. The van der Waals surface area contributed by atoms with Crippen molar-refractivity contribution >= 4 is 11.9 Å². The van der Waals surface area contributed by atoms with Crippen molar-refractivity contribution < 1.29 is 14.3 Å². The zero-order valence-corrected chi connectivity index (χ0v) is 16.1. The highest BCUT2D eigenvalue weighted by molar-refractivity contribution is 5.88. The van der Waals surface area contributed by atoms with E-state index in [4.69, 9.17) is 4.74 Å². The van der Waals surface area contributed by atoms with Crippen LogP contribution in [0.5, 0.6) is 0 Å². The SMILES string of the molecule is O=C1CC(C(=O)NC23CC4CC(C2)CC(n2ncnn2)(C4)C3)C2(CCCC2)O1. The summed E-state index contributed by atoms with van der Waals surface area (Å²) < 4.78 is 5.71. The van der Waals surface area contributed by atoms with E-state index >= 15 is 0 Å². The fourth-order valence-electron chi connectivity index (χ4n) is 7.78. The Hall–Kier alpha value is -1.99. The molecule has 28 heavy (non-hydrogen) atoms. The first-order chi connectivity index (χ1) is 13.5. The first kappa shape index (κ1) is 16.9. The van der Waals surface area contributed by atoms with Crippen molar-refractivity contribution in [2.45, 2.75) is 87.3 Å². The quantitative estimate of drug-likeness (QED) is 0.796. The second kappa shape index (κ2) is 5.54. The van der Waals surface area contributed by atoms with Crippen LogP contribution < -0.4 is 5.32 Å². The lowest BCUT2D eigenvalue weighted by atomic mass is 9.50. The number of ether oxygens (including phenoxy) is 1. The number of amides is 1. The van der Waals surface area contributed by atoms with Gasteiger partial charge < -0.3 is 10.1 Å². The zero-order chi connectivity index (χ0) is 19.0. The van der Waals surface area contributed by atoms with Crippen LogP contribution in [0.4, 0.5) is 0 Å². The molecule has 0 radical (unpaired) electrons. The first-order valence-corrected chi connectivity index (χ1v) is 10.8. The summed E-state index contributed by atoms with van der Waals surface area (Å²) in [6.45, 7) is 0. The number of aromatic nitrogens is 4. The van der Waals surface area contributed by atoms with Gasteiger partial charge in [-0.25, -0.2) is 0 Å². The Bertz CT molecular complexity index is 802. The monoisotopic (exact) mass is 385 g/mol. The van der Waals surface area contributed by atoms with Crippen LogP contribution in [0.15, 0.2) is 6.33 Å². The normalized spacial score (nSPS) is 42.9. The van der Waals surface area contributed by atoms with E-state index in [1.807, 2.05) is 4.80 Å². The van der Waals surface area contributed by atoms with Crippen LogP contribution in [0.1, 0.15) is 70.6 Å². The molecule has 150 valence electrons. The number of rotatable bonds is 3. The Morgan fingerprint density at radius 1 is 1.18 bits per heavy atom. The third-order valence-corrected chi connectivity index (χ3v) is 8.28. The van der Waals surface area contributed by atoms with Gasteiger partial charge in [0.25, 0.3) is 0 Å². The number of tetrazole rings is 1. The van der Waals surface area contributed by atoms with E-state index in [2.05, 4.69) is 20.7 Å². The second-order valence-electron chi connectivity index (χ2n) is 10.2. The largest absolute Gasteiger partial charge is 0.458 e. The third kappa shape index (κ3) is 2.32. The van der Waals surface area contributed by atoms with Crippen LogP contribution in [0, 0.1) is 17.8 Å². The molecule has 6 aliphatic rings. The summed E-state index contributed by atoms with van der Waals surface area (Å²) in [6, 6.07) is 0. The lowest BCUT2D eigenvalue weighted by molar-refractivity contribution is -0.151. The molecule has 0 aromatic carbocycles. The summed E-state index contributed by atoms with van der Waals surface area (Å²) in [6.07, 6.45) is 11.8. The van der Waals surface area contributed by atoms with E-state index < -0.39 is 5.60 Å². The molecule has 8 nitrogen and oxygen atoms in total. The van der Waals surface area contributed by atoms with Gasteiger partial charge in [-0.05, 0) is 81.3 Å². The van der Waals surface area contributed by atoms with Gasteiger partial charge >= 0.3 is 5.97 Å². The Morgan fingerprint density at radius 2 is 1.93 bits per heavy atom. The number of esters is 1. The highest BCUT2D eigenvalue weighted by atomic mass is 16.6. The molecular weight excluding hydrogens is 358 g/mol. The van der Waals surface area contributed by atoms with Crippen molar-refractivity contribution in [1.82, 2.24) is 25.5 Å². The highest BCUT2D eigenvalue weighted by Crippen LogP contribution is 2.60. The Kier molecular flexibility index (Phi) is 3.35. The van der Waals surface area contributed by atoms with Crippen molar-refractivity contribution in [3.8, 4) is 0 Å². The van der Waals surface area contributed by atoms with Gasteiger partial charge in [0.1, 0.15) is 5.60 Å². The average molecular weight is 385 g/mol. The summed E-state index contributed by atoms with van der Waals surface area (Å²) in [5, 5.41) is 16.0. The third-order valence-electron chi connectivity index (χ3n) is 8.28. The van der Waals surface area contributed by atoms with Gasteiger partial charge in [0.2, 0.25) is 5.91 Å². The number of hydrogen-bond donors (Lipinski definition) is 1. The maximum absolute atomic E-state index is 13.4. The maximum Gasteiger partial charge on any atom is 0.307 e. The molecule has 4 bridgehead atoms. The van der Waals surface area contributed by atoms with Crippen molar-refractivity contribution in [3.05, 3.63) is 6.33 Å². The standard InChI is InChI=1S/C20H27N5O3/c26-16-6-15(20(28-16)3-1-2-4-20)17(27)23-18-7-13-5-14(8-18)10-19(9-13,11-18)25-22-12-21-24-25/h12-15H,1-11H2,(H,23,27). The van der Waals surface area contributed by atoms with E-state index in [1.54, 1.807) is 0 Å². The molecule has 5 aliphatic carbocycles. The van der Waals surface area contributed by atoms with E-state index in [0.29, 0.717) is 11.8 Å². The highest BCUT2D eigenvalue weighted by Gasteiger charge is 2.61. The van der Waals surface area contributed by atoms with Crippen molar-refractivity contribution in [2.75, 3.05) is 0 Å². The molecule has 1 saturated heterocycles. The summed E-state index contributed by atoms with van der Waals surface area (Å²) >= 11 is 0. The molecule has 6 fully saturated rings. The van der Waals surface area contributed by atoms with Crippen LogP contribution in [-0.2, 0) is 19.9 Å². The van der Waals surface area contributed by atoms with Crippen molar-refractivity contribution in [2.24, 2.45) is 17.8 Å². The van der Waals surface area contributed by atoms with Crippen LogP contribution in [0.2, 0.25) is 0 Å². The number of carbonyl (C=O) groups excluding carboxylic acids is 2. The lowest BCUT2D eigenvalue weighted by Gasteiger charge is -2.61. The van der Waals surface area contributed by atoms with Crippen molar-refractivity contribution in [3.63, 3.8) is 0 Å². The predicted octanol–water partition coefficient (Wildman–Crippen LogP) is 1.71. The van der Waals surface area contributed by atoms with Gasteiger partial charge in [-0.2, -0.15) is 4.80 Å². The van der Waals surface area contributed by atoms with Crippen molar-refractivity contribution in [1.29, 1.82) is 0 Å². The Labute approximate surface area is 163 Å². The Morgan fingerprint density at radius 3 is 2.61 bits per heavy atom. The number of carbonyl (C=O) groups is 2. The van der Waals surface area contributed by atoms with E-state index in [1.165, 1.54) is 12.7 Å². The topological polar surface area (TPSA) is 99.0 Å². The second-order valence-corrected chi connectivity index (χ2v) is 10.2. The Balaban J connectivity index is 1.29. The van der Waals surface area contributed by atoms with Gasteiger partial charge in [-0.1, -0.05) is 0 Å². The molecule has 1 N–H and O–H groups in total. The first-order valence-electron chi connectivity index (χ1n) is 10.8. The molecule has 7 rings (SSSR count). The van der Waals surface area contributed by atoms with Crippen LogP contribution >= 0.6 is 0 Å². The van der Waals surface area contributed by atoms with E-state index in [-0.39, 0.29) is 35.3 Å². The minimum absolute atomic E-state index is 0.0244. The molecule has 3 atom stereocenters. The summed E-state index contributed by atoms with van der Waals surface area (Å²) in [7, 11) is 0. The van der Waals surface area contributed by atoms with E-state index in [9.17, 15) is 9.59 Å². The molecule has 1 amide bonds. The summed E-state index contributed by atoms with van der Waals surface area (Å²) in [5.74, 6) is 0.659. The molecule has 1 aliphatic heterocycles. The predicted molar refractivity (Wildman–Crippen MR) is 96.7 cm³/mol. The summed E-state index contributed by atoms with van der Waals surface area (Å²) in [4.78, 5) is 27.3. The molecule has 1 aromatic rings. The molecule has 5 saturated carbocycles.